The molecule has 0 aromatic carbocycles. The van der Waals surface area contributed by atoms with Crippen molar-refractivity contribution in [1.29, 1.82) is 0 Å². The molecule has 24 heavy (non-hydrogen) atoms. The number of anilines is 1. The lowest BCUT2D eigenvalue weighted by Crippen LogP contribution is -2.45. The number of carbonyl (C=O) groups is 1. The lowest BCUT2D eigenvalue weighted by molar-refractivity contribution is -0.120. The van der Waals surface area contributed by atoms with Gasteiger partial charge in [-0.15, -0.1) is 0 Å². The average molecular weight is 338 g/mol. The van der Waals surface area contributed by atoms with Crippen molar-refractivity contribution in [3.8, 4) is 0 Å². The van der Waals surface area contributed by atoms with Crippen LogP contribution in [0.1, 0.15) is 32.4 Å². The molecule has 0 radical (unpaired) electrons. The summed E-state index contributed by atoms with van der Waals surface area (Å²) in [7, 11) is 1.98. The van der Waals surface area contributed by atoms with Crippen LogP contribution in [0.25, 0.3) is 0 Å². The molecular weight excluding hydrogens is 308 g/mol. The van der Waals surface area contributed by atoms with Gasteiger partial charge >= 0.3 is 0 Å². The molecule has 2 heterocycles. The van der Waals surface area contributed by atoms with Crippen LogP contribution in [0.3, 0.4) is 0 Å². The van der Waals surface area contributed by atoms with Crippen molar-refractivity contribution in [3.05, 3.63) is 11.8 Å². The molecule has 0 aliphatic carbocycles. The van der Waals surface area contributed by atoms with Crippen molar-refractivity contribution in [1.82, 2.24) is 15.0 Å². The van der Waals surface area contributed by atoms with Crippen LogP contribution in [0.2, 0.25) is 0 Å². The highest BCUT2D eigenvalue weighted by Crippen LogP contribution is 2.19. The third kappa shape index (κ3) is 5.58. The Morgan fingerprint density at radius 1 is 1.50 bits per heavy atom. The third-order valence-corrected chi connectivity index (χ3v) is 4.69. The summed E-state index contributed by atoms with van der Waals surface area (Å²) in [6.45, 7) is 9.23. The van der Waals surface area contributed by atoms with E-state index in [2.05, 4.69) is 20.3 Å². The highest BCUT2D eigenvalue weighted by Gasteiger charge is 2.25. The Balaban J connectivity index is 1.75. The van der Waals surface area contributed by atoms with Crippen molar-refractivity contribution in [3.63, 3.8) is 0 Å². The first kappa shape index (κ1) is 18.9. The highest BCUT2D eigenvalue weighted by molar-refractivity contribution is 5.93. The van der Waals surface area contributed by atoms with E-state index in [4.69, 9.17) is 4.52 Å². The molecule has 0 spiro atoms. The first-order chi connectivity index (χ1) is 11.3. The summed E-state index contributed by atoms with van der Waals surface area (Å²) in [5, 5.41) is 16.0. The van der Waals surface area contributed by atoms with E-state index >= 15 is 0 Å². The van der Waals surface area contributed by atoms with Gasteiger partial charge in [-0.05, 0) is 59.7 Å². The maximum absolute atomic E-state index is 12.3. The van der Waals surface area contributed by atoms with Crippen LogP contribution in [0.4, 0.5) is 5.88 Å². The maximum Gasteiger partial charge on any atom is 0.243 e. The second-order valence-electron chi connectivity index (χ2n) is 7.03. The summed E-state index contributed by atoms with van der Waals surface area (Å²) < 4.78 is 5.03. The SMILES string of the molecule is Cc1cc(NC(=O)[C@H](C)N(C)CC2CCN(C[C@H](C)O)CC2)on1. The van der Waals surface area contributed by atoms with E-state index in [0.29, 0.717) is 11.8 Å². The first-order valence-electron chi connectivity index (χ1n) is 8.70. The van der Waals surface area contributed by atoms with Gasteiger partial charge < -0.3 is 14.5 Å². The molecule has 1 aliphatic heterocycles. The molecule has 2 N–H and O–H groups in total. The molecule has 0 bridgehead atoms. The van der Waals surface area contributed by atoms with E-state index < -0.39 is 0 Å². The summed E-state index contributed by atoms with van der Waals surface area (Å²) in [6.07, 6.45) is 1.94. The van der Waals surface area contributed by atoms with E-state index in [-0.39, 0.29) is 18.1 Å². The predicted molar refractivity (Wildman–Crippen MR) is 92.8 cm³/mol. The fourth-order valence-corrected chi connectivity index (χ4v) is 3.14. The average Bonchev–Trinajstić information content (AvgIpc) is 2.93. The van der Waals surface area contributed by atoms with Gasteiger partial charge in [0.25, 0.3) is 0 Å². The van der Waals surface area contributed by atoms with Crippen LogP contribution in [-0.4, -0.2) is 71.3 Å². The van der Waals surface area contributed by atoms with E-state index in [1.807, 2.05) is 27.8 Å². The van der Waals surface area contributed by atoms with Gasteiger partial charge in [-0.1, -0.05) is 5.16 Å². The number of aryl methyl sites for hydroxylation is 1. The Kier molecular flexibility index (Phi) is 6.77. The molecule has 2 atom stereocenters. The van der Waals surface area contributed by atoms with Crippen molar-refractivity contribution in [2.24, 2.45) is 5.92 Å². The number of rotatable bonds is 7. The van der Waals surface area contributed by atoms with Crippen LogP contribution in [0, 0.1) is 12.8 Å². The Morgan fingerprint density at radius 2 is 2.17 bits per heavy atom. The number of likely N-dealkylation sites (tertiary alicyclic amines) is 1. The minimum atomic E-state index is -0.271. The number of aliphatic hydroxyl groups is 1. The van der Waals surface area contributed by atoms with Gasteiger partial charge in [0.2, 0.25) is 11.8 Å². The number of likely N-dealkylation sites (N-methyl/N-ethyl adjacent to an activating group) is 1. The molecular formula is C17H30N4O3. The number of piperidine rings is 1. The normalized spacial score (nSPS) is 19.4. The van der Waals surface area contributed by atoms with Crippen LogP contribution >= 0.6 is 0 Å². The predicted octanol–water partition coefficient (Wildman–Crippen LogP) is 1.33. The zero-order valence-corrected chi connectivity index (χ0v) is 15.2. The largest absolute Gasteiger partial charge is 0.392 e. The lowest BCUT2D eigenvalue weighted by atomic mass is 9.95. The minimum Gasteiger partial charge on any atom is -0.392 e. The van der Waals surface area contributed by atoms with E-state index in [0.717, 1.165) is 44.7 Å². The number of nitrogens with zero attached hydrogens (tertiary/aromatic N) is 3. The molecule has 136 valence electrons. The second kappa shape index (κ2) is 8.60. The molecule has 0 saturated carbocycles. The lowest BCUT2D eigenvalue weighted by Gasteiger charge is -2.35. The highest BCUT2D eigenvalue weighted by atomic mass is 16.5. The van der Waals surface area contributed by atoms with Gasteiger partial charge in [0.1, 0.15) is 0 Å². The standard InChI is InChI=1S/C17H30N4O3/c1-12-9-16(24-19-12)18-17(23)14(3)20(4)11-15-5-7-21(8-6-15)10-13(2)22/h9,13-15,22H,5-8,10-11H2,1-4H3,(H,18,23)/t13-,14-/m0/s1. The van der Waals surface area contributed by atoms with Crippen molar-refractivity contribution in [2.45, 2.75) is 45.8 Å². The molecule has 1 aromatic rings. The van der Waals surface area contributed by atoms with Crippen LogP contribution in [0.5, 0.6) is 0 Å². The third-order valence-electron chi connectivity index (χ3n) is 4.69. The Hall–Kier alpha value is -1.44. The number of hydrogen-bond acceptors (Lipinski definition) is 6. The zero-order valence-electron chi connectivity index (χ0n) is 15.2. The summed E-state index contributed by atoms with van der Waals surface area (Å²) in [5.74, 6) is 0.896. The van der Waals surface area contributed by atoms with Gasteiger partial charge in [0, 0.05) is 19.2 Å². The first-order valence-corrected chi connectivity index (χ1v) is 8.70. The van der Waals surface area contributed by atoms with Gasteiger partial charge in [0.05, 0.1) is 17.8 Å². The maximum atomic E-state index is 12.3. The molecule has 1 fully saturated rings. The topological polar surface area (TPSA) is 81.8 Å². The molecule has 1 aliphatic rings. The summed E-state index contributed by atoms with van der Waals surface area (Å²) in [5.41, 5.74) is 0.746. The second-order valence-corrected chi connectivity index (χ2v) is 7.03. The van der Waals surface area contributed by atoms with Gasteiger partial charge in [-0.2, -0.15) is 0 Å². The van der Waals surface area contributed by atoms with Gasteiger partial charge in [-0.3, -0.25) is 15.0 Å². The molecule has 1 saturated heterocycles. The number of aromatic nitrogens is 1. The molecule has 1 amide bonds. The van der Waals surface area contributed by atoms with E-state index in [1.165, 1.54) is 0 Å². The fourth-order valence-electron chi connectivity index (χ4n) is 3.14. The van der Waals surface area contributed by atoms with E-state index in [9.17, 15) is 9.90 Å². The number of β-amino-alcohol motifs (C(OH)–C–C–N with tert-alkyl or cyclic N) is 1. The smallest absolute Gasteiger partial charge is 0.243 e. The number of aliphatic hydroxyl groups excluding tert-OH is 1. The van der Waals surface area contributed by atoms with Crippen molar-refractivity contribution >= 4 is 11.8 Å². The molecule has 1 aromatic heterocycles. The minimum absolute atomic E-state index is 0.0832. The number of amides is 1. The number of nitrogens with one attached hydrogen (secondary N) is 1. The van der Waals surface area contributed by atoms with Crippen LogP contribution in [-0.2, 0) is 4.79 Å². The van der Waals surface area contributed by atoms with Crippen LogP contribution < -0.4 is 5.32 Å². The Morgan fingerprint density at radius 3 is 2.71 bits per heavy atom. The quantitative estimate of drug-likeness (QED) is 0.781. The molecule has 2 rings (SSSR count). The number of hydrogen-bond donors (Lipinski definition) is 2. The zero-order chi connectivity index (χ0) is 17.7. The Labute approximate surface area is 144 Å². The molecule has 7 nitrogen and oxygen atoms in total. The molecule has 7 heteroatoms. The van der Waals surface area contributed by atoms with Crippen molar-refractivity contribution < 1.29 is 14.4 Å². The fraction of sp³-hybridized carbons (Fsp3) is 0.765. The van der Waals surface area contributed by atoms with Crippen molar-refractivity contribution in [2.75, 3.05) is 38.5 Å². The molecule has 0 unspecified atom stereocenters. The van der Waals surface area contributed by atoms with E-state index in [1.54, 1.807) is 6.07 Å². The summed E-state index contributed by atoms with van der Waals surface area (Å²) in [6, 6.07) is 1.48. The monoisotopic (exact) mass is 338 g/mol. The number of carbonyl (C=O) groups excluding carboxylic acids is 1. The van der Waals surface area contributed by atoms with Gasteiger partial charge in [-0.25, -0.2) is 0 Å². The van der Waals surface area contributed by atoms with Gasteiger partial charge in [0.15, 0.2) is 0 Å². The summed E-state index contributed by atoms with van der Waals surface area (Å²) in [4.78, 5) is 16.7. The summed E-state index contributed by atoms with van der Waals surface area (Å²) >= 11 is 0. The van der Waals surface area contributed by atoms with Crippen LogP contribution in [0.15, 0.2) is 10.6 Å². The Bertz CT molecular complexity index is 524.